The van der Waals surface area contributed by atoms with Crippen molar-refractivity contribution in [1.29, 1.82) is 0 Å². The Hall–Kier alpha value is -3.70. The zero-order valence-electron chi connectivity index (χ0n) is 21.9. The predicted octanol–water partition coefficient (Wildman–Crippen LogP) is 10.5. The zero-order chi connectivity index (χ0) is 26.3. The molecule has 0 unspecified atom stereocenters. The maximum Gasteiger partial charge on any atom is 0.110 e. The topological polar surface area (TPSA) is 50.1 Å². The van der Waals surface area contributed by atoms with Crippen molar-refractivity contribution in [3.05, 3.63) is 127 Å². The van der Waals surface area contributed by atoms with E-state index in [0.29, 0.717) is 5.69 Å². The Morgan fingerprint density at radius 2 is 1.32 bits per heavy atom. The van der Waals surface area contributed by atoms with Crippen LogP contribution in [-0.2, 0) is 32.7 Å². The molecule has 1 radical (unpaired) electrons. The summed E-state index contributed by atoms with van der Waals surface area (Å²) in [5.41, 5.74) is 5.55. The summed E-state index contributed by atoms with van der Waals surface area (Å²) in [7, 11) is 1.69. The van der Waals surface area contributed by atoms with Crippen molar-refractivity contribution in [3.63, 3.8) is 0 Å². The zero-order valence-corrected chi connectivity index (χ0v) is 25.6. The van der Waals surface area contributed by atoms with Gasteiger partial charge in [0.25, 0.3) is 0 Å². The van der Waals surface area contributed by atoms with Crippen molar-refractivity contribution in [1.82, 2.24) is 4.98 Å². The molecular weight excluding hydrogens is 585 g/mol. The molecule has 0 saturated heterocycles. The summed E-state index contributed by atoms with van der Waals surface area (Å²) in [6.07, 6.45) is 0. The van der Waals surface area contributed by atoms with Crippen molar-refractivity contribution >= 4 is 69.8 Å². The van der Waals surface area contributed by atoms with Gasteiger partial charge in [0, 0.05) is 74.7 Å². The monoisotopic (exact) mass is 610 g/mol. The van der Waals surface area contributed by atoms with Crippen molar-refractivity contribution < 1.29 is 37.8 Å². The van der Waals surface area contributed by atoms with E-state index in [1.807, 2.05) is 30.3 Å². The van der Waals surface area contributed by atoms with Crippen molar-refractivity contribution in [2.75, 3.05) is 7.05 Å². The van der Waals surface area contributed by atoms with E-state index in [9.17, 15) is 5.11 Å². The molecule has 2 heterocycles. The van der Waals surface area contributed by atoms with Gasteiger partial charge in [-0.1, -0.05) is 96.7 Å². The van der Waals surface area contributed by atoms with E-state index in [-0.39, 0.29) is 38.5 Å². The first-order valence-electron chi connectivity index (χ1n) is 12.9. The maximum atomic E-state index is 10.1. The molecule has 0 fully saturated rings. The Morgan fingerprint density at radius 3 is 2.15 bits per heavy atom. The van der Waals surface area contributed by atoms with E-state index in [0.717, 1.165) is 15.5 Å². The second kappa shape index (κ2) is 11.1. The fourth-order valence-corrected chi connectivity index (χ4v) is 6.56. The van der Waals surface area contributed by atoms with Crippen LogP contribution in [0.15, 0.2) is 121 Å². The van der Waals surface area contributed by atoms with Gasteiger partial charge in [0.1, 0.15) is 5.75 Å². The number of fused-ring (bicyclic) bond motifs is 8. The number of benzene rings is 6. The molecule has 0 saturated carbocycles. The molecule has 40 heavy (non-hydrogen) atoms. The Kier molecular flexibility index (Phi) is 7.33. The molecule has 0 bridgehead atoms. The van der Waals surface area contributed by atoms with Crippen molar-refractivity contribution in [2.45, 2.75) is 0 Å². The van der Waals surface area contributed by atoms with Crippen LogP contribution in [0, 0.1) is 0 Å². The van der Waals surface area contributed by atoms with Gasteiger partial charge in [0.05, 0.1) is 0 Å². The molecular formula is C35H25N2OSY-. The summed E-state index contributed by atoms with van der Waals surface area (Å²) in [5.74, 6) is 0.289. The third-order valence-corrected chi connectivity index (χ3v) is 8.47. The van der Waals surface area contributed by atoms with Crippen LogP contribution < -0.4 is 0 Å². The van der Waals surface area contributed by atoms with Crippen LogP contribution in [-0.4, -0.2) is 17.1 Å². The maximum absolute atomic E-state index is 10.1. The number of rotatable bonds is 2. The predicted molar refractivity (Wildman–Crippen MR) is 169 cm³/mol. The Bertz CT molecular complexity index is 2130. The first-order chi connectivity index (χ1) is 19.2. The van der Waals surface area contributed by atoms with Crippen LogP contribution >= 0.6 is 11.3 Å². The number of aromatic amines is 1. The molecule has 0 aliphatic carbocycles. The van der Waals surface area contributed by atoms with Gasteiger partial charge in [-0.2, -0.15) is 0 Å². The van der Waals surface area contributed by atoms with Gasteiger partial charge in [0.15, 0.2) is 0 Å². The van der Waals surface area contributed by atoms with Crippen molar-refractivity contribution in [3.8, 4) is 16.9 Å². The summed E-state index contributed by atoms with van der Waals surface area (Å²) >= 11 is 1.69. The van der Waals surface area contributed by atoms with Gasteiger partial charge < -0.3 is 15.4 Å². The minimum atomic E-state index is 0. The number of H-pyrrole nitrogens is 1. The average Bonchev–Trinajstić information content (AvgIpc) is 3.57. The quantitative estimate of drug-likeness (QED) is 0.201. The number of hydrogen-bond acceptors (Lipinski definition) is 2. The normalized spacial score (nSPS) is 11.0. The van der Waals surface area contributed by atoms with Gasteiger partial charge in [0.2, 0.25) is 0 Å². The smallest absolute Gasteiger partial charge is 0.110 e. The van der Waals surface area contributed by atoms with E-state index in [2.05, 4.69) is 101 Å². The van der Waals surface area contributed by atoms with E-state index < -0.39 is 0 Å². The van der Waals surface area contributed by atoms with Gasteiger partial charge in [-0.15, -0.1) is 18.4 Å². The van der Waals surface area contributed by atoms with Crippen LogP contribution in [0.1, 0.15) is 0 Å². The molecule has 8 aromatic rings. The number of nitrogens with zero attached hydrogens (tertiary/aromatic N) is 1. The number of aromatic nitrogens is 1. The molecule has 3 nitrogen and oxygen atoms in total. The molecule has 6 aromatic carbocycles. The van der Waals surface area contributed by atoms with Gasteiger partial charge in [-0.05, 0) is 52.2 Å². The molecule has 2 aromatic heterocycles. The van der Waals surface area contributed by atoms with E-state index in [1.165, 1.54) is 48.4 Å². The van der Waals surface area contributed by atoms with Crippen LogP contribution in [0.4, 0.5) is 5.69 Å². The summed E-state index contributed by atoms with van der Waals surface area (Å²) in [6, 6.07) is 42.2. The average molecular weight is 611 g/mol. The van der Waals surface area contributed by atoms with Crippen LogP contribution in [0.2, 0.25) is 0 Å². The molecule has 0 aliphatic rings. The van der Waals surface area contributed by atoms with Crippen LogP contribution in [0.3, 0.4) is 0 Å². The van der Waals surface area contributed by atoms with Gasteiger partial charge in [-0.3, -0.25) is 0 Å². The fourth-order valence-electron chi connectivity index (χ4n) is 5.45. The second-order valence-corrected chi connectivity index (χ2v) is 10.7. The van der Waals surface area contributed by atoms with E-state index >= 15 is 0 Å². The summed E-state index contributed by atoms with van der Waals surface area (Å²) < 4.78 is 2.30. The number of nitrogens with one attached hydrogen (secondary N) is 1. The van der Waals surface area contributed by atoms with Crippen molar-refractivity contribution in [2.24, 2.45) is 0 Å². The SMILES string of the molecule is C[N-]c1ccc2sc3ccccc3c2c1O.[Y].c1ccc(-c2ccc3[nH]c4ccc5ccccc5c4c3c2)cc1. The Labute approximate surface area is 261 Å². The number of hydrogen-bond donors (Lipinski definition) is 2. The van der Waals surface area contributed by atoms with Gasteiger partial charge >= 0.3 is 0 Å². The molecule has 191 valence electrons. The first-order valence-corrected chi connectivity index (χ1v) is 13.7. The van der Waals surface area contributed by atoms with Crippen LogP contribution in [0.25, 0.3) is 69.2 Å². The standard InChI is InChI=1S/C22H15N.C13H10NOS.Y/c1-2-6-15(7-3-1)17-11-12-20-19(14-17)22-18-9-5-4-8-16(18)10-13-21(22)23-20;1-14-9-6-7-11-12(13(9)15)8-4-2-3-5-10(8)16-11;/h1-14,23H;2-7,15H,1H3;/q;-1;. The Morgan fingerprint density at radius 1 is 0.600 bits per heavy atom. The molecule has 2 N–H and O–H groups in total. The summed E-state index contributed by atoms with van der Waals surface area (Å²) in [4.78, 5) is 3.55. The summed E-state index contributed by atoms with van der Waals surface area (Å²) in [6.45, 7) is 0. The molecule has 8 rings (SSSR count). The molecule has 0 amide bonds. The molecule has 0 spiro atoms. The van der Waals surface area contributed by atoms with Gasteiger partial charge in [-0.25, -0.2) is 0 Å². The first kappa shape index (κ1) is 26.5. The number of phenols is 1. The third-order valence-electron chi connectivity index (χ3n) is 7.33. The summed E-state index contributed by atoms with van der Waals surface area (Å²) in [5, 5.41) is 21.4. The largest absolute Gasteiger partial charge is 0.684 e. The minimum absolute atomic E-state index is 0. The minimum Gasteiger partial charge on any atom is -0.684 e. The van der Waals surface area contributed by atoms with E-state index in [1.54, 1.807) is 18.4 Å². The number of aromatic hydroxyl groups is 1. The second-order valence-electron chi connectivity index (χ2n) is 9.59. The van der Waals surface area contributed by atoms with Crippen LogP contribution in [0.5, 0.6) is 5.75 Å². The number of thiophene rings is 1. The van der Waals surface area contributed by atoms with E-state index in [4.69, 9.17) is 0 Å². The molecule has 0 aliphatic heterocycles. The molecule has 5 heteroatoms. The fraction of sp³-hybridized carbons (Fsp3) is 0.0286. The Balaban J connectivity index is 0.000000150. The molecule has 0 atom stereocenters. The third kappa shape index (κ3) is 4.56. The number of phenolic OH excluding ortho intramolecular Hbond substituents is 1.